The van der Waals surface area contributed by atoms with Crippen molar-refractivity contribution in [3.05, 3.63) is 35.9 Å². The molecule has 126 valence electrons. The number of halogens is 1. The van der Waals surface area contributed by atoms with Crippen LogP contribution in [0.15, 0.2) is 35.3 Å². The Morgan fingerprint density at radius 1 is 1.18 bits per heavy atom. The first-order valence-corrected chi connectivity index (χ1v) is 7.78. The van der Waals surface area contributed by atoms with E-state index < -0.39 is 0 Å². The highest BCUT2D eigenvalue weighted by Gasteiger charge is 2.07. The Balaban J connectivity index is 0.00000441. The summed E-state index contributed by atoms with van der Waals surface area (Å²) in [5.41, 5.74) is 1.30. The van der Waals surface area contributed by atoms with Crippen molar-refractivity contribution in [2.75, 3.05) is 33.7 Å². The molecule has 0 bridgehead atoms. The van der Waals surface area contributed by atoms with Crippen LogP contribution >= 0.6 is 24.0 Å². The Bertz CT molecular complexity index is 420. The standard InChI is InChI=1S/C17H30N4.HI/c1-6-18-17(19-12-13-20(4)15(2)3)21(5)14-16-10-8-7-9-11-16;/h7-11,15H,6,12-14H2,1-5H3,(H,18,19);1H. The van der Waals surface area contributed by atoms with Crippen molar-refractivity contribution >= 4 is 29.9 Å². The SMILES string of the molecule is CCNC(=NCCN(C)C(C)C)N(C)Cc1ccccc1.I. The van der Waals surface area contributed by atoms with Gasteiger partial charge < -0.3 is 15.1 Å². The van der Waals surface area contributed by atoms with Crippen LogP contribution in [0.5, 0.6) is 0 Å². The van der Waals surface area contributed by atoms with Gasteiger partial charge in [0.2, 0.25) is 0 Å². The first-order valence-electron chi connectivity index (χ1n) is 7.78. The van der Waals surface area contributed by atoms with Gasteiger partial charge in [-0.05, 0) is 33.4 Å². The Labute approximate surface area is 153 Å². The maximum absolute atomic E-state index is 4.72. The van der Waals surface area contributed by atoms with Crippen molar-refractivity contribution < 1.29 is 0 Å². The summed E-state index contributed by atoms with van der Waals surface area (Å²) < 4.78 is 0. The molecule has 0 aromatic heterocycles. The third-order valence-electron chi connectivity index (χ3n) is 3.55. The fourth-order valence-corrected chi connectivity index (χ4v) is 1.97. The number of hydrogen-bond acceptors (Lipinski definition) is 2. The number of guanidine groups is 1. The van der Waals surface area contributed by atoms with Gasteiger partial charge in [-0.1, -0.05) is 30.3 Å². The second kappa shape index (κ2) is 11.7. The topological polar surface area (TPSA) is 30.9 Å². The van der Waals surface area contributed by atoms with Crippen molar-refractivity contribution in [3.63, 3.8) is 0 Å². The van der Waals surface area contributed by atoms with Gasteiger partial charge in [0.1, 0.15) is 0 Å². The molecule has 0 unspecified atom stereocenters. The van der Waals surface area contributed by atoms with E-state index in [2.05, 4.69) is 74.2 Å². The number of aliphatic imine (C=N–C) groups is 1. The highest BCUT2D eigenvalue weighted by Crippen LogP contribution is 2.03. The van der Waals surface area contributed by atoms with Crippen molar-refractivity contribution in [1.82, 2.24) is 15.1 Å². The Kier molecular flexibility index (Phi) is 11.3. The smallest absolute Gasteiger partial charge is 0.194 e. The Morgan fingerprint density at radius 3 is 2.36 bits per heavy atom. The van der Waals surface area contributed by atoms with E-state index in [9.17, 15) is 0 Å². The van der Waals surface area contributed by atoms with Crippen LogP contribution in [-0.2, 0) is 6.54 Å². The summed E-state index contributed by atoms with van der Waals surface area (Å²) >= 11 is 0. The average Bonchev–Trinajstić information content (AvgIpc) is 2.47. The summed E-state index contributed by atoms with van der Waals surface area (Å²) in [5.74, 6) is 0.971. The van der Waals surface area contributed by atoms with Crippen LogP contribution in [0, 0.1) is 0 Å². The van der Waals surface area contributed by atoms with E-state index in [-0.39, 0.29) is 24.0 Å². The molecule has 0 heterocycles. The first-order chi connectivity index (χ1) is 10.0. The summed E-state index contributed by atoms with van der Waals surface area (Å²) in [6, 6.07) is 11.0. The predicted molar refractivity (Wildman–Crippen MR) is 107 cm³/mol. The van der Waals surface area contributed by atoms with Gasteiger partial charge in [0.25, 0.3) is 0 Å². The van der Waals surface area contributed by atoms with E-state index in [0.717, 1.165) is 32.1 Å². The minimum Gasteiger partial charge on any atom is -0.357 e. The lowest BCUT2D eigenvalue weighted by molar-refractivity contribution is 0.281. The molecule has 0 aliphatic heterocycles. The highest BCUT2D eigenvalue weighted by molar-refractivity contribution is 14.0. The minimum absolute atomic E-state index is 0. The molecule has 0 atom stereocenters. The number of nitrogens with zero attached hydrogens (tertiary/aromatic N) is 3. The van der Waals surface area contributed by atoms with Gasteiger partial charge in [-0.25, -0.2) is 0 Å². The second-order valence-corrected chi connectivity index (χ2v) is 5.65. The lowest BCUT2D eigenvalue weighted by Crippen LogP contribution is -2.39. The van der Waals surface area contributed by atoms with Gasteiger partial charge in [-0.3, -0.25) is 4.99 Å². The van der Waals surface area contributed by atoms with Crippen molar-refractivity contribution in [2.24, 2.45) is 4.99 Å². The molecule has 4 nitrogen and oxygen atoms in total. The van der Waals surface area contributed by atoms with Gasteiger partial charge in [-0.15, -0.1) is 24.0 Å². The van der Waals surface area contributed by atoms with Crippen LogP contribution in [0.4, 0.5) is 0 Å². The Morgan fingerprint density at radius 2 is 1.82 bits per heavy atom. The normalized spacial score (nSPS) is 11.5. The Hall–Kier alpha value is -0.820. The fraction of sp³-hybridized carbons (Fsp3) is 0.588. The van der Waals surface area contributed by atoms with E-state index in [0.29, 0.717) is 6.04 Å². The molecule has 22 heavy (non-hydrogen) atoms. The molecule has 5 heteroatoms. The van der Waals surface area contributed by atoms with Crippen molar-refractivity contribution in [1.29, 1.82) is 0 Å². The van der Waals surface area contributed by atoms with Crippen LogP contribution in [-0.4, -0.2) is 55.5 Å². The molecule has 0 radical (unpaired) electrons. The zero-order valence-corrected chi connectivity index (χ0v) is 16.9. The molecular formula is C17H31IN4. The summed E-state index contributed by atoms with van der Waals surface area (Å²) in [5, 5.41) is 3.36. The molecule has 0 spiro atoms. The molecule has 1 aromatic carbocycles. The maximum Gasteiger partial charge on any atom is 0.194 e. The predicted octanol–water partition coefficient (Wildman–Crippen LogP) is 3.04. The van der Waals surface area contributed by atoms with Crippen molar-refractivity contribution in [3.8, 4) is 0 Å². The van der Waals surface area contributed by atoms with E-state index in [1.54, 1.807) is 0 Å². The summed E-state index contributed by atoms with van der Waals surface area (Å²) in [6.07, 6.45) is 0. The molecule has 0 amide bonds. The first kappa shape index (κ1) is 21.2. The second-order valence-electron chi connectivity index (χ2n) is 5.65. The number of rotatable bonds is 7. The van der Waals surface area contributed by atoms with Gasteiger partial charge in [-0.2, -0.15) is 0 Å². The zero-order chi connectivity index (χ0) is 15.7. The summed E-state index contributed by atoms with van der Waals surface area (Å²) in [7, 11) is 4.22. The number of nitrogens with one attached hydrogen (secondary N) is 1. The molecule has 0 aliphatic rings. The fourth-order valence-electron chi connectivity index (χ4n) is 1.97. The van der Waals surface area contributed by atoms with Crippen LogP contribution in [0.25, 0.3) is 0 Å². The highest BCUT2D eigenvalue weighted by atomic mass is 127. The van der Waals surface area contributed by atoms with Crippen LogP contribution in [0.3, 0.4) is 0 Å². The molecule has 0 aliphatic carbocycles. The van der Waals surface area contributed by atoms with E-state index in [4.69, 9.17) is 4.99 Å². The van der Waals surface area contributed by atoms with E-state index in [1.165, 1.54) is 5.56 Å². The van der Waals surface area contributed by atoms with E-state index in [1.807, 2.05) is 6.07 Å². The molecule has 1 N–H and O–H groups in total. The molecule has 1 aromatic rings. The van der Waals surface area contributed by atoms with Gasteiger partial charge in [0, 0.05) is 32.7 Å². The lowest BCUT2D eigenvalue weighted by atomic mass is 10.2. The molecule has 0 saturated carbocycles. The average molecular weight is 418 g/mol. The number of likely N-dealkylation sites (N-methyl/N-ethyl adjacent to an activating group) is 1. The zero-order valence-electron chi connectivity index (χ0n) is 14.5. The number of benzene rings is 1. The van der Waals surface area contributed by atoms with Gasteiger partial charge in [0.15, 0.2) is 5.96 Å². The lowest BCUT2D eigenvalue weighted by Gasteiger charge is -2.23. The van der Waals surface area contributed by atoms with Gasteiger partial charge in [0.05, 0.1) is 6.54 Å². The molecule has 0 fully saturated rings. The molecule has 0 saturated heterocycles. The molecule has 1 rings (SSSR count). The largest absolute Gasteiger partial charge is 0.357 e. The summed E-state index contributed by atoms with van der Waals surface area (Å²) in [6.45, 7) is 10.1. The monoisotopic (exact) mass is 418 g/mol. The molecular weight excluding hydrogens is 387 g/mol. The van der Waals surface area contributed by atoms with Crippen molar-refractivity contribution in [2.45, 2.75) is 33.4 Å². The minimum atomic E-state index is 0. The van der Waals surface area contributed by atoms with Crippen LogP contribution in [0.1, 0.15) is 26.3 Å². The van der Waals surface area contributed by atoms with Crippen LogP contribution < -0.4 is 5.32 Å². The number of hydrogen-bond donors (Lipinski definition) is 1. The third-order valence-corrected chi connectivity index (χ3v) is 3.55. The van der Waals surface area contributed by atoms with Gasteiger partial charge >= 0.3 is 0 Å². The maximum atomic E-state index is 4.72. The summed E-state index contributed by atoms with van der Waals surface area (Å²) in [4.78, 5) is 9.21. The van der Waals surface area contributed by atoms with Crippen LogP contribution in [0.2, 0.25) is 0 Å². The third kappa shape index (κ3) is 7.98. The van der Waals surface area contributed by atoms with E-state index >= 15 is 0 Å². The quantitative estimate of drug-likeness (QED) is 0.420.